The number of anilines is 1. The van der Waals surface area contributed by atoms with Crippen molar-refractivity contribution in [3.8, 4) is 0 Å². The maximum absolute atomic E-state index is 5.64. The fraction of sp³-hybridized carbons (Fsp3) is 0.263. The summed E-state index contributed by atoms with van der Waals surface area (Å²) in [7, 11) is 0. The molecule has 0 radical (unpaired) electrons. The first kappa shape index (κ1) is 14.8. The van der Waals surface area contributed by atoms with E-state index in [2.05, 4.69) is 58.3 Å². The van der Waals surface area contributed by atoms with Crippen LogP contribution in [0.3, 0.4) is 0 Å². The van der Waals surface area contributed by atoms with Crippen LogP contribution in [0.15, 0.2) is 47.1 Å². The summed E-state index contributed by atoms with van der Waals surface area (Å²) in [5.41, 5.74) is 6.30. The molecule has 0 aliphatic carbocycles. The zero-order valence-corrected chi connectivity index (χ0v) is 13.9. The summed E-state index contributed by atoms with van der Waals surface area (Å²) >= 11 is 0. The van der Waals surface area contributed by atoms with Crippen LogP contribution in [0.1, 0.15) is 23.7 Å². The molecule has 0 atom stereocenters. The molecule has 0 bridgehead atoms. The highest BCUT2D eigenvalue weighted by Crippen LogP contribution is 2.21. The lowest BCUT2D eigenvalue weighted by molar-refractivity contribution is 0.616. The van der Waals surface area contributed by atoms with Gasteiger partial charge >= 0.3 is 0 Å². The standard InChI is InChI=1S/C19H20N4O/c1-3-20-19-22-16-11-14(5-7-17(16)24-19)4-6-15-12-23-9-8-13(2)10-18(23)21-15/h5,7-12H,3-4,6H2,1-2H3,(H,20,22). The van der Waals surface area contributed by atoms with Crippen LogP contribution < -0.4 is 5.32 Å². The number of nitrogens with zero attached hydrogens (tertiary/aromatic N) is 3. The molecule has 0 fully saturated rings. The molecule has 122 valence electrons. The van der Waals surface area contributed by atoms with E-state index in [-0.39, 0.29) is 0 Å². The summed E-state index contributed by atoms with van der Waals surface area (Å²) in [4.78, 5) is 9.16. The SMILES string of the molecule is CCNc1nc2cc(CCc3cn4ccc(C)cc4n3)ccc2o1. The molecule has 3 heterocycles. The lowest BCUT2D eigenvalue weighted by Crippen LogP contribution is -1.95. The molecule has 0 amide bonds. The van der Waals surface area contributed by atoms with Crippen molar-refractivity contribution in [1.29, 1.82) is 0 Å². The molecule has 24 heavy (non-hydrogen) atoms. The van der Waals surface area contributed by atoms with Gasteiger partial charge in [0.05, 0.1) is 5.69 Å². The Labute approximate surface area is 140 Å². The third-order valence-corrected chi connectivity index (χ3v) is 4.12. The molecule has 3 aromatic heterocycles. The first-order valence-corrected chi connectivity index (χ1v) is 8.29. The topological polar surface area (TPSA) is 55.4 Å². The number of rotatable bonds is 5. The number of pyridine rings is 1. The van der Waals surface area contributed by atoms with E-state index in [0.717, 1.165) is 41.8 Å². The van der Waals surface area contributed by atoms with Crippen LogP contribution in [0.2, 0.25) is 0 Å². The van der Waals surface area contributed by atoms with Crippen LogP contribution in [0.4, 0.5) is 6.01 Å². The van der Waals surface area contributed by atoms with E-state index in [1.807, 2.05) is 13.0 Å². The number of oxazole rings is 1. The highest BCUT2D eigenvalue weighted by molar-refractivity contribution is 5.75. The average Bonchev–Trinajstić information content (AvgIpc) is 3.15. The van der Waals surface area contributed by atoms with Crippen molar-refractivity contribution in [2.45, 2.75) is 26.7 Å². The minimum atomic E-state index is 0.584. The number of aryl methyl sites for hydroxylation is 3. The van der Waals surface area contributed by atoms with E-state index in [1.165, 1.54) is 11.1 Å². The highest BCUT2D eigenvalue weighted by Gasteiger charge is 2.07. The molecule has 1 aromatic carbocycles. The molecule has 1 N–H and O–H groups in total. The first-order chi connectivity index (χ1) is 11.7. The van der Waals surface area contributed by atoms with Crippen LogP contribution in [-0.4, -0.2) is 20.9 Å². The lowest BCUT2D eigenvalue weighted by Gasteiger charge is -1.98. The number of nitrogens with one attached hydrogen (secondary N) is 1. The molecular weight excluding hydrogens is 300 g/mol. The maximum atomic E-state index is 5.64. The Morgan fingerprint density at radius 2 is 2.04 bits per heavy atom. The molecule has 0 aliphatic rings. The number of aromatic nitrogens is 3. The van der Waals surface area contributed by atoms with Gasteiger partial charge in [-0.2, -0.15) is 4.98 Å². The molecule has 5 heteroatoms. The van der Waals surface area contributed by atoms with E-state index < -0.39 is 0 Å². The lowest BCUT2D eigenvalue weighted by atomic mass is 10.1. The van der Waals surface area contributed by atoms with E-state index in [4.69, 9.17) is 9.40 Å². The summed E-state index contributed by atoms with van der Waals surface area (Å²) in [6, 6.07) is 11.0. The van der Waals surface area contributed by atoms with Crippen molar-refractivity contribution < 1.29 is 4.42 Å². The van der Waals surface area contributed by atoms with Gasteiger partial charge in [-0.25, -0.2) is 4.98 Å². The normalized spacial score (nSPS) is 11.4. The summed E-state index contributed by atoms with van der Waals surface area (Å²) in [6.45, 7) is 4.91. The van der Waals surface area contributed by atoms with Gasteiger partial charge in [-0.05, 0) is 62.1 Å². The largest absolute Gasteiger partial charge is 0.424 e. The molecular formula is C19H20N4O. The third kappa shape index (κ3) is 2.85. The molecule has 0 saturated carbocycles. The van der Waals surface area contributed by atoms with Gasteiger partial charge in [-0.1, -0.05) is 6.07 Å². The predicted octanol–water partition coefficient (Wildman–Crippen LogP) is 4.00. The number of imidazole rings is 1. The number of fused-ring (bicyclic) bond motifs is 2. The Hall–Kier alpha value is -2.82. The molecule has 5 nitrogen and oxygen atoms in total. The van der Waals surface area contributed by atoms with Gasteiger partial charge in [0.15, 0.2) is 5.58 Å². The Balaban J connectivity index is 1.52. The molecule has 0 unspecified atom stereocenters. The highest BCUT2D eigenvalue weighted by atomic mass is 16.4. The smallest absolute Gasteiger partial charge is 0.295 e. The molecule has 0 spiro atoms. The van der Waals surface area contributed by atoms with Gasteiger partial charge in [0.25, 0.3) is 6.01 Å². The van der Waals surface area contributed by atoms with Gasteiger partial charge in [0.1, 0.15) is 11.2 Å². The quantitative estimate of drug-likeness (QED) is 0.604. The minimum Gasteiger partial charge on any atom is -0.424 e. The van der Waals surface area contributed by atoms with Crippen LogP contribution in [0.25, 0.3) is 16.7 Å². The van der Waals surface area contributed by atoms with Crippen molar-refractivity contribution >= 4 is 22.8 Å². The fourth-order valence-electron chi connectivity index (χ4n) is 2.88. The minimum absolute atomic E-state index is 0.584. The summed E-state index contributed by atoms with van der Waals surface area (Å²) in [5.74, 6) is 0. The average molecular weight is 320 g/mol. The van der Waals surface area contributed by atoms with Crippen LogP contribution in [-0.2, 0) is 12.8 Å². The molecule has 4 aromatic rings. The summed E-state index contributed by atoms with van der Waals surface area (Å²) in [6.07, 6.45) is 6.00. The number of benzene rings is 1. The summed E-state index contributed by atoms with van der Waals surface area (Å²) < 4.78 is 7.71. The van der Waals surface area contributed by atoms with E-state index in [1.54, 1.807) is 0 Å². The summed E-state index contributed by atoms with van der Waals surface area (Å²) in [5, 5.41) is 3.10. The van der Waals surface area contributed by atoms with Crippen molar-refractivity contribution in [2.24, 2.45) is 0 Å². The second kappa shape index (κ2) is 6.00. The fourth-order valence-corrected chi connectivity index (χ4v) is 2.88. The van der Waals surface area contributed by atoms with Gasteiger partial charge in [0, 0.05) is 18.9 Å². The van der Waals surface area contributed by atoms with Crippen molar-refractivity contribution in [3.63, 3.8) is 0 Å². The van der Waals surface area contributed by atoms with Crippen molar-refractivity contribution in [1.82, 2.24) is 14.4 Å². The maximum Gasteiger partial charge on any atom is 0.295 e. The molecule has 4 rings (SSSR count). The van der Waals surface area contributed by atoms with Gasteiger partial charge < -0.3 is 14.1 Å². The predicted molar refractivity (Wildman–Crippen MR) is 95.5 cm³/mol. The van der Waals surface area contributed by atoms with Crippen LogP contribution >= 0.6 is 0 Å². The van der Waals surface area contributed by atoms with Crippen LogP contribution in [0.5, 0.6) is 0 Å². The van der Waals surface area contributed by atoms with E-state index >= 15 is 0 Å². The monoisotopic (exact) mass is 320 g/mol. The first-order valence-electron chi connectivity index (χ1n) is 8.29. The third-order valence-electron chi connectivity index (χ3n) is 4.12. The van der Waals surface area contributed by atoms with E-state index in [9.17, 15) is 0 Å². The Morgan fingerprint density at radius 3 is 2.92 bits per heavy atom. The van der Waals surface area contributed by atoms with Gasteiger partial charge in [0.2, 0.25) is 0 Å². The zero-order valence-electron chi connectivity index (χ0n) is 13.9. The van der Waals surface area contributed by atoms with Crippen LogP contribution in [0, 0.1) is 6.92 Å². The second-order valence-electron chi connectivity index (χ2n) is 6.05. The van der Waals surface area contributed by atoms with Gasteiger partial charge in [-0.15, -0.1) is 0 Å². The zero-order chi connectivity index (χ0) is 16.5. The molecule has 0 aliphatic heterocycles. The Morgan fingerprint density at radius 1 is 1.12 bits per heavy atom. The van der Waals surface area contributed by atoms with Crippen molar-refractivity contribution in [3.05, 3.63) is 59.5 Å². The number of hydrogen-bond acceptors (Lipinski definition) is 4. The number of hydrogen-bond donors (Lipinski definition) is 1. The van der Waals surface area contributed by atoms with Gasteiger partial charge in [-0.3, -0.25) is 0 Å². The van der Waals surface area contributed by atoms with Crippen molar-refractivity contribution in [2.75, 3.05) is 11.9 Å². The Bertz CT molecular complexity index is 999. The second-order valence-corrected chi connectivity index (χ2v) is 6.05. The Kier molecular flexibility index (Phi) is 3.69. The van der Waals surface area contributed by atoms with E-state index in [0.29, 0.717) is 6.01 Å². The molecule has 0 saturated heterocycles.